The Morgan fingerprint density at radius 1 is 1.26 bits per heavy atom. The molecule has 104 valence electrons. The van der Waals surface area contributed by atoms with Gasteiger partial charge < -0.3 is 4.98 Å². The lowest BCUT2D eigenvalue weighted by atomic mass is 9.84. The Morgan fingerprint density at radius 3 is 2.58 bits per heavy atom. The van der Waals surface area contributed by atoms with Crippen LogP contribution in [0, 0.1) is 23.0 Å². The first kappa shape index (κ1) is 14.0. The van der Waals surface area contributed by atoms with Gasteiger partial charge in [0.25, 0.3) is 0 Å². The van der Waals surface area contributed by atoms with Gasteiger partial charge in [-0.2, -0.15) is 0 Å². The zero-order chi connectivity index (χ0) is 14.2. The summed E-state index contributed by atoms with van der Waals surface area (Å²) in [6.45, 7) is 8.72. The molecule has 0 aliphatic rings. The molecule has 0 aliphatic heterocycles. The molecule has 4 heteroatoms. The highest BCUT2D eigenvalue weighted by Crippen LogP contribution is 2.26. The minimum absolute atomic E-state index is 0.0953. The van der Waals surface area contributed by atoms with Crippen LogP contribution in [-0.2, 0) is 6.42 Å². The molecule has 19 heavy (non-hydrogen) atoms. The second-order valence-corrected chi connectivity index (χ2v) is 6.52. The van der Waals surface area contributed by atoms with Gasteiger partial charge in [0.1, 0.15) is 11.3 Å². The first-order valence-electron chi connectivity index (χ1n) is 6.59. The maximum atomic E-state index is 13.6. The fourth-order valence-corrected chi connectivity index (χ4v) is 2.61. The van der Waals surface area contributed by atoms with E-state index in [9.17, 15) is 8.78 Å². The third-order valence-electron chi connectivity index (χ3n) is 3.10. The monoisotopic (exact) mass is 266 g/mol. The molecule has 1 heterocycles. The van der Waals surface area contributed by atoms with E-state index in [-0.39, 0.29) is 10.9 Å². The molecule has 1 atom stereocenters. The molecule has 0 saturated heterocycles. The molecule has 1 N–H and O–H groups in total. The Morgan fingerprint density at radius 2 is 1.95 bits per heavy atom. The highest BCUT2D eigenvalue weighted by atomic mass is 19.2. The molecule has 1 unspecified atom stereocenters. The zero-order valence-corrected chi connectivity index (χ0v) is 11.8. The highest BCUT2D eigenvalue weighted by Gasteiger charge is 2.18. The van der Waals surface area contributed by atoms with Crippen LogP contribution in [0.1, 0.15) is 39.9 Å². The van der Waals surface area contributed by atoms with Gasteiger partial charge in [0.2, 0.25) is 0 Å². The van der Waals surface area contributed by atoms with E-state index in [2.05, 4.69) is 37.7 Å². The molecule has 1 aromatic heterocycles. The van der Waals surface area contributed by atoms with Crippen molar-refractivity contribution in [3.05, 3.63) is 29.6 Å². The summed E-state index contributed by atoms with van der Waals surface area (Å²) in [7, 11) is 0. The second-order valence-electron chi connectivity index (χ2n) is 6.52. The molecule has 0 amide bonds. The lowest BCUT2D eigenvalue weighted by molar-refractivity contribution is 0.304. The number of fused-ring (bicyclic) bond motifs is 1. The van der Waals surface area contributed by atoms with Gasteiger partial charge in [0, 0.05) is 6.42 Å². The molecular formula is C15H20F2N2. The van der Waals surface area contributed by atoms with E-state index in [1.165, 1.54) is 6.07 Å². The van der Waals surface area contributed by atoms with Crippen LogP contribution in [0.15, 0.2) is 12.1 Å². The smallest absolute Gasteiger partial charge is 0.186 e. The van der Waals surface area contributed by atoms with E-state index in [0.29, 0.717) is 11.4 Å². The lowest BCUT2D eigenvalue weighted by Gasteiger charge is -2.22. The normalized spacial score (nSPS) is 14.0. The quantitative estimate of drug-likeness (QED) is 0.873. The Bertz CT molecular complexity index is 582. The maximum Gasteiger partial charge on any atom is 0.186 e. The van der Waals surface area contributed by atoms with Crippen LogP contribution < -0.4 is 0 Å². The molecule has 0 fully saturated rings. The van der Waals surface area contributed by atoms with E-state index in [1.807, 2.05) is 0 Å². The van der Waals surface area contributed by atoms with E-state index < -0.39 is 11.6 Å². The molecule has 0 radical (unpaired) electrons. The van der Waals surface area contributed by atoms with E-state index in [4.69, 9.17) is 0 Å². The summed E-state index contributed by atoms with van der Waals surface area (Å²) >= 11 is 0. The van der Waals surface area contributed by atoms with Crippen LogP contribution in [-0.4, -0.2) is 9.97 Å². The van der Waals surface area contributed by atoms with Crippen molar-refractivity contribution in [3.63, 3.8) is 0 Å². The first-order valence-corrected chi connectivity index (χ1v) is 6.59. The number of benzene rings is 1. The van der Waals surface area contributed by atoms with Crippen LogP contribution in [0.2, 0.25) is 0 Å². The Balaban J connectivity index is 2.20. The number of halogens is 2. The summed E-state index contributed by atoms with van der Waals surface area (Å²) in [5.74, 6) is -0.568. The van der Waals surface area contributed by atoms with Gasteiger partial charge in [-0.1, -0.05) is 27.7 Å². The van der Waals surface area contributed by atoms with Crippen molar-refractivity contribution in [2.75, 3.05) is 0 Å². The van der Waals surface area contributed by atoms with Crippen LogP contribution in [0.4, 0.5) is 8.78 Å². The van der Waals surface area contributed by atoms with Gasteiger partial charge in [-0.25, -0.2) is 13.8 Å². The first-order chi connectivity index (χ1) is 8.76. The van der Waals surface area contributed by atoms with Crippen molar-refractivity contribution >= 4 is 11.0 Å². The third kappa shape index (κ3) is 3.31. The van der Waals surface area contributed by atoms with E-state index in [0.717, 1.165) is 24.7 Å². The second kappa shape index (κ2) is 4.91. The van der Waals surface area contributed by atoms with Crippen molar-refractivity contribution in [1.29, 1.82) is 0 Å². The zero-order valence-electron chi connectivity index (χ0n) is 11.8. The highest BCUT2D eigenvalue weighted by molar-refractivity contribution is 5.75. The van der Waals surface area contributed by atoms with E-state index >= 15 is 0 Å². The standard InChI is InChI=1S/C15H20F2N2/c1-9(8-15(2,3)4)7-12-18-11-6-5-10(16)13(17)14(11)19-12/h5-6,9H,7-8H2,1-4H3,(H,18,19). The SMILES string of the molecule is CC(Cc1nc2c(F)c(F)ccc2[nH]1)CC(C)(C)C. The van der Waals surface area contributed by atoms with Crippen LogP contribution in [0.25, 0.3) is 11.0 Å². The van der Waals surface area contributed by atoms with Gasteiger partial charge in [-0.05, 0) is 29.9 Å². The van der Waals surface area contributed by atoms with Crippen LogP contribution >= 0.6 is 0 Å². The van der Waals surface area contributed by atoms with Gasteiger partial charge in [-0.15, -0.1) is 0 Å². The number of hydrogen-bond acceptors (Lipinski definition) is 1. The summed E-state index contributed by atoms with van der Waals surface area (Å²) in [4.78, 5) is 7.24. The molecule has 2 aromatic rings. The lowest BCUT2D eigenvalue weighted by Crippen LogP contribution is -2.13. The number of H-pyrrole nitrogens is 1. The molecule has 0 saturated carbocycles. The van der Waals surface area contributed by atoms with Crippen molar-refractivity contribution in [3.8, 4) is 0 Å². The van der Waals surface area contributed by atoms with Crippen molar-refractivity contribution in [2.45, 2.75) is 40.5 Å². The summed E-state index contributed by atoms with van der Waals surface area (Å²) in [5, 5.41) is 0. The van der Waals surface area contributed by atoms with Gasteiger partial charge in [-0.3, -0.25) is 0 Å². The van der Waals surface area contributed by atoms with Gasteiger partial charge in [0.15, 0.2) is 11.6 Å². The number of rotatable bonds is 3. The Hall–Kier alpha value is -1.45. The summed E-state index contributed by atoms with van der Waals surface area (Å²) < 4.78 is 26.7. The molecule has 0 aliphatic carbocycles. The molecular weight excluding hydrogens is 246 g/mol. The number of imidazole rings is 1. The topological polar surface area (TPSA) is 28.7 Å². The molecule has 1 aromatic carbocycles. The average Bonchev–Trinajstić information content (AvgIpc) is 2.64. The maximum absolute atomic E-state index is 13.6. The van der Waals surface area contributed by atoms with Crippen LogP contribution in [0.5, 0.6) is 0 Å². The predicted molar refractivity (Wildman–Crippen MR) is 72.9 cm³/mol. The summed E-state index contributed by atoms with van der Waals surface area (Å²) in [6.07, 6.45) is 1.80. The average molecular weight is 266 g/mol. The number of hydrogen-bond donors (Lipinski definition) is 1. The summed E-state index contributed by atoms with van der Waals surface area (Å²) in [6, 6.07) is 2.65. The number of aromatic amines is 1. The van der Waals surface area contributed by atoms with Crippen molar-refractivity contribution < 1.29 is 8.78 Å². The Labute approximate surface area is 112 Å². The molecule has 2 rings (SSSR count). The van der Waals surface area contributed by atoms with Crippen molar-refractivity contribution in [1.82, 2.24) is 9.97 Å². The molecule has 2 nitrogen and oxygen atoms in total. The third-order valence-corrected chi connectivity index (χ3v) is 3.10. The number of nitrogens with one attached hydrogen (secondary N) is 1. The number of aromatic nitrogens is 2. The van der Waals surface area contributed by atoms with Gasteiger partial charge >= 0.3 is 0 Å². The molecule has 0 spiro atoms. The fourth-order valence-electron chi connectivity index (χ4n) is 2.61. The number of nitrogens with zero attached hydrogens (tertiary/aromatic N) is 1. The van der Waals surface area contributed by atoms with E-state index in [1.54, 1.807) is 0 Å². The minimum Gasteiger partial charge on any atom is -0.342 e. The summed E-state index contributed by atoms with van der Waals surface area (Å²) in [5.41, 5.74) is 0.901. The predicted octanol–water partition coefficient (Wildman–Crippen LogP) is 4.46. The van der Waals surface area contributed by atoms with Gasteiger partial charge in [0.05, 0.1) is 5.52 Å². The van der Waals surface area contributed by atoms with Crippen LogP contribution in [0.3, 0.4) is 0 Å². The Kier molecular flexibility index (Phi) is 3.61. The fraction of sp³-hybridized carbons (Fsp3) is 0.533. The largest absolute Gasteiger partial charge is 0.342 e. The minimum atomic E-state index is -0.872. The molecule has 0 bridgehead atoms. The van der Waals surface area contributed by atoms with Crippen molar-refractivity contribution in [2.24, 2.45) is 11.3 Å².